The smallest absolute Gasteiger partial charge is 0.124 e. The number of hydrogen-bond acceptors (Lipinski definition) is 3. The summed E-state index contributed by atoms with van der Waals surface area (Å²) in [7, 11) is 1.94. The SMILES string of the molecule is CNC(C)c1cc(Br)ccc1OCCCC(C)(C)C#N. The molecule has 0 spiro atoms. The molecule has 1 unspecified atom stereocenters. The lowest BCUT2D eigenvalue weighted by atomic mass is 9.90. The van der Waals surface area contributed by atoms with Crippen LogP contribution in [0, 0.1) is 16.7 Å². The van der Waals surface area contributed by atoms with Gasteiger partial charge in [0.1, 0.15) is 5.75 Å². The fraction of sp³-hybridized carbons (Fsp3) is 0.562. The van der Waals surface area contributed by atoms with Crippen LogP contribution in [-0.2, 0) is 0 Å². The molecule has 1 rings (SSSR count). The predicted octanol–water partition coefficient (Wildman–Crippen LogP) is 4.44. The molecule has 0 amide bonds. The van der Waals surface area contributed by atoms with Crippen LogP contribution in [0.15, 0.2) is 22.7 Å². The van der Waals surface area contributed by atoms with Gasteiger partial charge in [-0.15, -0.1) is 0 Å². The molecule has 1 N–H and O–H groups in total. The van der Waals surface area contributed by atoms with Gasteiger partial charge in [-0.25, -0.2) is 0 Å². The molecule has 0 radical (unpaired) electrons. The van der Waals surface area contributed by atoms with Crippen molar-refractivity contribution in [2.45, 2.75) is 39.7 Å². The number of rotatable bonds is 7. The molecular weight excluding hydrogens is 316 g/mol. The molecule has 0 aliphatic rings. The van der Waals surface area contributed by atoms with Crippen molar-refractivity contribution in [1.29, 1.82) is 5.26 Å². The minimum absolute atomic E-state index is 0.234. The number of hydrogen-bond donors (Lipinski definition) is 1. The van der Waals surface area contributed by atoms with Crippen molar-refractivity contribution in [2.24, 2.45) is 5.41 Å². The molecule has 0 fully saturated rings. The van der Waals surface area contributed by atoms with Gasteiger partial charge in [0, 0.05) is 16.1 Å². The van der Waals surface area contributed by atoms with E-state index in [1.54, 1.807) is 0 Å². The normalized spacial score (nSPS) is 12.8. The molecule has 110 valence electrons. The van der Waals surface area contributed by atoms with Crippen molar-refractivity contribution >= 4 is 15.9 Å². The Labute approximate surface area is 130 Å². The van der Waals surface area contributed by atoms with Crippen LogP contribution in [0.2, 0.25) is 0 Å². The summed E-state index contributed by atoms with van der Waals surface area (Å²) in [5, 5.41) is 12.2. The van der Waals surface area contributed by atoms with E-state index in [-0.39, 0.29) is 11.5 Å². The minimum Gasteiger partial charge on any atom is -0.493 e. The van der Waals surface area contributed by atoms with Gasteiger partial charge in [0.05, 0.1) is 18.1 Å². The second-order valence-electron chi connectivity index (χ2n) is 5.64. The van der Waals surface area contributed by atoms with Gasteiger partial charge in [-0.05, 0) is 58.9 Å². The lowest BCUT2D eigenvalue weighted by Gasteiger charge is -2.18. The number of nitrogens with one attached hydrogen (secondary N) is 1. The third-order valence-electron chi connectivity index (χ3n) is 3.38. The van der Waals surface area contributed by atoms with Crippen LogP contribution in [-0.4, -0.2) is 13.7 Å². The van der Waals surface area contributed by atoms with Crippen molar-refractivity contribution < 1.29 is 4.74 Å². The van der Waals surface area contributed by atoms with Crippen molar-refractivity contribution in [2.75, 3.05) is 13.7 Å². The molecule has 0 aliphatic carbocycles. The van der Waals surface area contributed by atoms with Gasteiger partial charge in [0.2, 0.25) is 0 Å². The van der Waals surface area contributed by atoms with Gasteiger partial charge in [-0.1, -0.05) is 15.9 Å². The number of ether oxygens (including phenoxy) is 1. The summed E-state index contributed by atoms with van der Waals surface area (Å²) in [5.41, 5.74) is 0.867. The van der Waals surface area contributed by atoms with Crippen LogP contribution in [0.3, 0.4) is 0 Å². The molecule has 0 bridgehead atoms. The van der Waals surface area contributed by atoms with Crippen LogP contribution in [0.1, 0.15) is 45.2 Å². The van der Waals surface area contributed by atoms with Crippen LogP contribution in [0.4, 0.5) is 0 Å². The van der Waals surface area contributed by atoms with E-state index in [1.165, 1.54) is 0 Å². The van der Waals surface area contributed by atoms with E-state index in [9.17, 15) is 0 Å². The molecule has 0 saturated heterocycles. The van der Waals surface area contributed by atoms with Crippen molar-refractivity contribution in [3.8, 4) is 11.8 Å². The van der Waals surface area contributed by atoms with Gasteiger partial charge >= 0.3 is 0 Å². The first-order valence-corrected chi connectivity index (χ1v) is 7.69. The Balaban J connectivity index is 2.62. The zero-order valence-electron chi connectivity index (χ0n) is 12.7. The molecule has 1 aromatic carbocycles. The Morgan fingerprint density at radius 2 is 2.15 bits per heavy atom. The van der Waals surface area contributed by atoms with E-state index in [1.807, 2.05) is 33.0 Å². The summed E-state index contributed by atoms with van der Waals surface area (Å²) in [6, 6.07) is 8.60. The van der Waals surface area contributed by atoms with Gasteiger partial charge in [-0.3, -0.25) is 0 Å². The zero-order chi connectivity index (χ0) is 15.2. The Bertz CT molecular complexity index is 480. The molecule has 0 saturated carbocycles. The standard InChI is InChI=1S/C16H23BrN2O/c1-12(19-4)14-10-13(17)6-7-15(14)20-9-5-8-16(2,3)11-18/h6-7,10,12,19H,5,8-9H2,1-4H3. The maximum atomic E-state index is 8.99. The topological polar surface area (TPSA) is 45.0 Å². The molecule has 4 heteroatoms. The van der Waals surface area contributed by atoms with Gasteiger partial charge < -0.3 is 10.1 Å². The highest BCUT2D eigenvalue weighted by molar-refractivity contribution is 9.10. The third kappa shape index (κ3) is 5.15. The Hall–Kier alpha value is -1.05. The van der Waals surface area contributed by atoms with Crippen LogP contribution < -0.4 is 10.1 Å². The maximum absolute atomic E-state index is 8.99. The number of halogens is 1. The van der Waals surface area contributed by atoms with Crippen LogP contribution in [0.25, 0.3) is 0 Å². The van der Waals surface area contributed by atoms with Crippen molar-refractivity contribution in [1.82, 2.24) is 5.32 Å². The first-order chi connectivity index (χ1) is 9.39. The fourth-order valence-corrected chi connectivity index (χ4v) is 2.28. The fourth-order valence-electron chi connectivity index (χ4n) is 1.90. The highest BCUT2D eigenvalue weighted by atomic mass is 79.9. The van der Waals surface area contributed by atoms with Crippen LogP contribution in [0.5, 0.6) is 5.75 Å². The van der Waals surface area contributed by atoms with Gasteiger partial charge in [-0.2, -0.15) is 5.26 Å². The van der Waals surface area contributed by atoms with E-state index in [0.717, 1.165) is 28.6 Å². The molecule has 20 heavy (non-hydrogen) atoms. The van der Waals surface area contributed by atoms with E-state index < -0.39 is 0 Å². The average Bonchev–Trinajstić information content (AvgIpc) is 2.44. The quantitative estimate of drug-likeness (QED) is 0.747. The molecule has 1 aromatic rings. The van der Waals surface area contributed by atoms with E-state index in [0.29, 0.717) is 6.61 Å². The molecule has 0 aliphatic heterocycles. The Morgan fingerprint density at radius 3 is 2.75 bits per heavy atom. The highest BCUT2D eigenvalue weighted by Crippen LogP contribution is 2.29. The van der Waals surface area contributed by atoms with E-state index in [4.69, 9.17) is 10.00 Å². The second-order valence-corrected chi connectivity index (χ2v) is 6.56. The lowest BCUT2D eigenvalue weighted by molar-refractivity contribution is 0.280. The minimum atomic E-state index is -0.274. The molecule has 3 nitrogen and oxygen atoms in total. The second kappa shape index (κ2) is 7.66. The van der Waals surface area contributed by atoms with Crippen LogP contribution >= 0.6 is 15.9 Å². The molecular formula is C16H23BrN2O. The molecule has 1 atom stereocenters. The monoisotopic (exact) mass is 338 g/mol. The summed E-state index contributed by atoms with van der Waals surface area (Å²) in [6.45, 7) is 6.66. The maximum Gasteiger partial charge on any atom is 0.124 e. The largest absolute Gasteiger partial charge is 0.493 e. The summed E-state index contributed by atoms with van der Waals surface area (Å²) in [6.07, 6.45) is 1.72. The number of nitriles is 1. The first kappa shape index (κ1) is 17.0. The molecule has 0 aromatic heterocycles. The van der Waals surface area contributed by atoms with E-state index in [2.05, 4.69) is 40.3 Å². The number of benzene rings is 1. The third-order valence-corrected chi connectivity index (χ3v) is 3.87. The summed E-state index contributed by atoms with van der Waals surface area (Å²) < 4.78 is 6.93. The Kier molecular flexibility index (Phi) is 6.51. The van der Waals surface area contributed by atoms with Crippen molar-refractivity contribution in [3.63, 3.8) is 0 Å². The summed E-state index contributed by atoms with van der Waals surface area (Å²) in [5.74, 6) is 0.907. The highest BCUT2D eigenvalue weighted by Gasteiger charge is 2.16. The van der Waals surface area contributed by atoms with Crippen molar-refractivity contribution in [3.05, 3.63) is 28.2 Å². The predicted molar refractivity (Wildman–Crippen MR) is 85.7 cm³/mol. The molecule has 0 heterocycles. The summed E-state index contributed by atoms with van der Waals surface area (Å²) >= 11 is 3.49. The average molecular weight is 339 g/mol. The lowest BCUT2D eigenvalue weighted by Crippen LogP contribution is -2.15. The van der Waals surface area contributed by atoms with Gasteiger partial charge in [0.25, 0.3) is 0 Å². The van der Waals surface area contributed by atoms with Gasteiger partial charge in [0.15, 0.2) is 0 Å². The van der Waals surface area contributed by atoms with E-state index >= 15 is 0 Å². The summed E-state index contributed by atoms with van der Waals surface area (Å²) in [4.78, 5) is 0. The Morgan fingerprint density at radius 1 is 1.45 bits per heavy atom. The number of nitrogens with zero attached hydrogens (tertiary/aromatic N) is 1. The zero-order valence-corrected chi connectivity index (χ0v) is 14.3. The first-order valence-electron chi connectivity index (χ1n) is 6.90.